The minimum atomic E-state index is -0.233. The van der Waals surface area contributed by atoms with Crippen molar-refractivity contribution in [3.8, 4) is 11.5 Å². The molecule has 0 heterocycles. The summed E-state index contributed by atoms with van der Waals surface area (Å²) >= 11 is 0. The minimum absolute atomic E-state index is 0.0509. The number of anilines is 1. The molecule has 1 aromatic rings. The van der Waals surface area contributed by atoms with Crippen molar-refractivity contribution in [1.82, 2.24) is 5.32 Å². The molecule has 0 aliphatic carbocycles. The van der Waals surface area contributed by atoms with Gasteiger partial charge in [0.15, 0.2) is 0 Å². The van der Waals surface area contributed by atoms with Crippen molar-refractivity contribution in [1.29, 1.82) is 0 Å². The van der Waals surface area contributed by atoms with Crippen LogP contribution in [0.15, 0.2) is 18.2 Å². The van der Waals surface area contributed by atoms with Crippen LogP contribution in [-0.2, 0) is 9.59 Å². The fraction of sp³-hybridized carbons (Fsp3) is 0.500. The van der Waals surface area contributed by atoms with E-state index in [1.807, 2.05) is 13.8 Å². The summed E-state index contributed by atoms with van der Waals surface area (Å²) in [6, 6.07) is 5.10. The molecule has 0 spiro atoms. The van der Waals surface area contributed by atoms with Crippen LogP contribution in [0.4, 0.5) is 5.69 Å². The number of amides is 2. The molecule has 6 nitrogen and oxygen atoms in total. The van der Waals surface area contributed by atoms with E-state index in [4.69, 9.17) is 9.47 Å². The van der Waals surface area contributed by atoms with Gasteiger partial charge in [-0.3, -0.25) is 14.5 Å². The van der Waals surface area contributed by atoms with Gasteiger partial charge in [0, 0.05) is 19.5 Å². The normalized spacial score (nSPS) is 10.3. The molecule has 0 saturated carbocycles. The Labute approximate surface area is 131 Å². The Morgan fingerprint density at radius 3 is 2.41 bits per heavy atom. The molecule has 0 saturated heterocycles. The van der Waals surface area contributed by atoms with Crippen LogP contribution < -0.4 is 19.7 Å². The zero-order valence-corrected chi connectivity index (χ0v) is 13.8. The van der Waals surface area contributed by atoms with Gasteiger partial charge in [0.2, 0.25) is 11.8 Å². The summed E-state index contributed by atoms with van der Waals surface area (Å²) in [7, 11) is 3.06. The van der Waals surface area contributed by atoms with Crippen molar-refractivity contribution in [3.05, 3.63) is 18.2 Å². The number of nitrogens with zero attached hydrogens (tertiary/aromatic N) is 1. The van der Waals surface area contributed by atoms with E-state index in [0.717, 1.165) is 0 Å². The topological polar surface area (TPSA) is 67.9 Å². The molecule has 1 rings (SSSR count). The Morgan fingerprint density at radius 1 is 1.23 bits per heavy atom. The third-order valence-corrected chi connectivity index (χ3v) is 3.07. The Hall–Kier alpha value is -2.24. The van der Waals surface area contributed by atoms with Gasteiger partial charge in [-0.1, -0.05) is 13.8 Å². The fourth-order valence-electron chi connectivity index (χ4n) is 1.89. The third-order valence-electron chi connectivity index (χ3n) is 3.07. The summed E-state index contributed by atoms with van der Waals surface area (Å²) in [5.74, 6) is 1.01. The van der Waals surface area contributed by atoms with Crippen LogP contribution in [0.3, 0.4) is 0 Å². The molecule has 122 valence electrons. The first-order valence-corrected chi connectivity index (χ1v) is 7.15. The maximum Gasteiger partial charge on any atom is 0.240 e. The lowest BCUT2D eigenvalue weighted by Crippen LogP contribution is -2.41. The monoisotopic (exact) mass is 308 g/mol. The van der Waals surface area contributed by atoms with Crippen LogP contribution in [0.1, 0.15) is 20.8 Å². The van der Waals surface area contributed by atoms with Crippen molar-refractivity contribution in [2.24, 2.45) is 5.92 Å². The zero-order chi connectivity index (χ0) is 16.7. The summed E-state index contributed by atoms with van der Waals surface area (Å²) < 4.78 is 10.4. The van der Waals surface area contributed by atoms with E-state index in [9.17, 15) is 9.59 Å². The van der Waals surface area contributed by atoms with Crippen LogP contribution >= 0.6 is 0 Å². The molecular formula is C16H24N2O4. The highest BCUT2D eigenvalue weighted by Crippen LogP contribution is 2.32. The number of methoxy groups -OCH3 is 2. The predicted molar refractivity (Wildman–Crippen MR) is 85.4 cm³/mol. The van der Waals surface area contributed by atoms with Gasteiger partial charge in [0.05, 0.1) is 19.9 Å². The fourth-order valence-corrected chi connectivity index (χ4v) is 1.89. The first-order chi connectivity index (χ1) is 10.4. The number of carbonyl (C=O) groups is 2. The van der Waals surface area contributed by atoms with Crippen molar-refractivity contribution in [2.45, 2.75) is 20.8 Å². The molecule has 2 amide bonds. The molecule has 0 aromatic heterocycles. The van der Waals surface area contributed by atoms with Gasteiger partial charge in [-0.25, -0.2) is 0 Å². The van der Waals surface area contributed by atoms with Gasteiger partial charge < -0.3 is 14.8 Å². The first kappa shape index (κ1) is 17.8. The molecule has 0 unspecified atom stereocenters. The maximum atomic E-state index is 12.0. The Balaban J connectivity index is 2.96. The number of benzene rings is 1. The molecule has 0 aliphatic heterocycles. The summed E-state index contributed by atoms with van der Waals surface area (Å²) in [6.07, 6.45) is 0. The second-order valence-corrected chi connectivity index (χ2v) is 5.34. The molecule has 0 bridgehead atoms. The third kappa shape index (κ3) is 4.95. The Morgan fingerprint density at radius 2 is 1.91 bits per heavy atom. The van der Waals surface area contributed by atoms with Crippen molar-refractivity contribution in [3.63, 3.8) is 0 Å². The summed E-state index contributed by atoms with van der Waals surface area (Å²) in [6.45, 7) is 5.96. The van der Waals surface area contributed by atoms with E-state index >= 15 is 0 Å². The second kappa shape index (κ2) is 8.26. The summed E-state index contributed by atoms with van der Waals surface area (Å²) in [4.78, 5) is 25.3. The predicted octanol–water partition coefficient (Wildman–Crippen LogP) is 1.83. The molecule has 0 fully saturated rings. The lowest BCUT2D eigenvalue weighted by atomic mass is 10.2. The number of hydrogen-bond acceptors (Lipinski definition) is 4. The molecule has 0 radical (unpaired) electrons. The van der Waals surface area contributed by atoms with E-state index in [1.54, 1.807) is 25.3 Å². The van der Waals surface area contributed by atoms with E-state index in [-0.39, 0.29) is 18.4 Å². The Bertz CT molecular complexity index is 529. The van der Waals surface area contributed by atoms with Gasteiger partial charge in [-0.05, 0) is 18.1 Å². The van der Waals surface area contributed by atoms with Crippen LogP contribution in [0.25, 0.3) is 0 Å². The number of carbonyl (C=O) groups excluding carboxylic acids is 2. The Kier molecular flexibility index (Phi) is 6.69. The smallest absolute Gasteiger partial charge is 0.240 e. The van der Waals surface area contributed by atoms with Crippen LogP contribution in [0.2, 0.25) is 0 Å². The van der Waals surface area contributed by atoms with E-state index in [1.165, 1.54) is 18.9 Å². The number of nitrogens with one attached hydrogen (secondary N) is 1. The largest absolute Gasteiger partial charge is 0.497 e. The van der Waals surface area contributed by atoms with E-state index in [2.05, 4.69) is 5.32 Å². The summed E-state index contributed by atoms with van der Waals surface area (Å²) in [5.41, 5.74) is 0.537. The van der Waals surface area contributed by atoms with Crippen molar-refractivity contribution < 1.29 is 19.1 Å². The molecule has 22 heavy (non-hydrogen) atoms. The van der Waals surface area contributed by atoms with Gasteiger partial charge >= 0.3 is 0 Å². The molecule has 0 aliphatic rings. The van der Waals surface area contributed by atoms with E-state index in [0.29, 0.717) is 29.6 Å². The number of ether oxygens (including phenoxy) is 2. The van der Waals surface area contributed by atoms with E-state index < -0.39 is 0 Å². The molecule has 1 aromatic carbocycles. The molecule has 6 heteroatoms. The van der Waals surface area contributed by atoms with Crippen molar-refractivity contribution in [2.75, 3.05) is 32.2 Å². The second-order valence-electron chi connectivity index (χ2n) is 5.34. The molecule has 0 atom stereocenters. The molecular weight excluding hydrogens is 284 g/mol. The van der Waals surface area contributed by atoms with Gasteiger partial charge in [0.1, 0.15) is 18.0 Å². The maximum absolute atomic E-state index is 12.0. The highest BCUT2D eigenvalue weighted by molar-refractivity contribution is 5.98. The van der Waals surface area contributed by atoms with Crippen LogP contribution in [-0.4, -0.2) is 39.1 Å². The minimum Gasteiger partial charge on any atom is -0.497 e. The number of rotatable bonds is 7. The highest BCUT2D eigenvalue weighted by atomic mass is 16.5. The summed E-state index contributed by atoms with van der Waals surface area (Å²) in [5, 5.41) is 2.80. The lowest BCUT2D eigenvalue weighted by molar-refractivity contribution is -0.123. The standard InChI is InChI=1S/C16H24N2O4/c1-11(2)9-17-16(20)10-18(12(3)19)14-7-6-13(21-4)8-15(14)22-5/h6-8,11H,9-10H2,1-5H3,(H,17,20). The average Bonchev–Trinajstić information content (AvgIpc) is 2.49. The van der Waals surface area contributed by atoms with Gasteiger partial charge in [-0.2, -0.15) is 0 Å². The SMILES string of the molecule is COc1ccc(N(CC(=O)NCC(C)C)C(C)=O)c(OC)c1. The van der Waals surface area contributed by atoms with Gasteiger partial charge in [-0.15, -0.1) is 0 Å². The first-order valence-electron chi connectivity index (χ1n) is 7.15. The quantitative estimate of drug-likeness (QED) is 0.834. The number of hydrogen-bond donors (Lipinski definition) is 1. The molecule has 1 N–H and O–H groups in total. The highest BCUT2D eigenvalue weighted by Gasteiger charge is 2.20. The average molecular weight is 308 g/mol. The van der Waals surface area contributed by atoms with Gasteiger partial charge in [0.25, 0.3) is 0 Å². The van der Waals surface area contributed by atoms with Crippen LogP contribution in [0.5, 0.6) is 11.5 Å². The van der Waals surface area contributed by atoms with Crippen LogP contribution in [0, 0.1) is 5.92 Å². The van der Waals surface area contributed by atoms with Crippen molar-refractivity contribution >= 4 is 17.5 Å². The lowest BCUT2D eigenvalue weighted by Gasteiger charge is -2.23. The zero-order valence-electron chi connectivity index (χ0n) is 13.8.